The van der Waals surface area contributed by atoms with Crippen LogP contribution in [0.25, 0.3) is 28.3 Å². The van der Waals surface area contributed by atoms with E-state index in [1.165, 1.54) is 18.2 Å². The highest BCUT2D eigenvalue weighted by molar-refractivity contribution is 5.97. The first-order valence-electron chi connectivity index (χ1n) is 19.7. The molecule has 3 N–H and O–H groups in total. The molecule has 11 rings (SSSR count). The Hall–Kier alpha value is -6.67. The lowest BCUT2D eigenvalue weighted by Crippen LogP contribution is -2.60. The van der Waals surface area contributed by atoms with Crippen molar-refractivity contribution in [1.29, 1.82) is 0 Å². The van der Waals surface area contributed by atoms with E-state index in [1.807, 2.05) is 38.1 Å². The third kappa shape index (κ3) is 4.81. The van der Waals surface area contributed by atoms with Gasteiger partial charge in [-0.2, -0.15) is 13.2 Å². The zero-order chi connectivity index (χ0) is 41.3. The second-order valence-corrected chi connectivity index (χ2v) is 16.1. The Labute approximate surface area is 341 Å². The van der Waals surface area contributed by atoms with E-state index in [4.69, 9.17) is 28.3 Å². The number of methoxy groups -OCH3 is 1. The van der Waals surface area contributed by atoms with Gasteiger partial charge in [-0.25, -0.2) is 9.97 Å². The number of aromatic nitrogens is 2. The van der Waals surface area contributed by atoms with Crippen LogP contribution in [-0.2, 0) is 38.2 Å². The molecular weight excluding hydrogens is 776 g/mol. The molecule has 2 aromatic heterocycles. The van der Waals surface area contributed by atoms with Crippen LogP contribution >= 0.6 is 0 Å². The molecule has 0 radical (unpaired) electrons. The summed E-state index contributed by atoms with van der Waals surface area (Å²) in [6.45, 7) is 3.71. The summed E-state index contributed by atoms with van der Waals surface area (Å²) >= 11 is 0. The summed E-state index contributed by atoms with van der Waals surface area (Å²) in [4.78, 5) is 38.5. The maximum Gasteiger partial charge on any atom is 0.430 e. The maximum atomic E-state index is 15.1. The first-order chi connectivity index (χ1) is 28.9. The van der Waals surface area contributed by atoms with Gasteiger partial charge in [-0.05, 0) is 40.7 Å². The minimum Gasteiger partial charge on any atom is -0.469 e. The average molecular weight is 812 g/mol. The number of allylic oxidation sites excluding steroid dienone is 1. The number of ether oxygens (including phenoxy) is 2. The Balaban J connectivity index is 1.14. The van der Waals surface area contributed by atoms with Crippen LogP contribution in [0.1, 0.15) is 70.7 Å². The fraction of sp³-hybridized carbons (Fsp3) is 0.261. The molecule has 4 aliphatic heterocycles. The van der Waals surface area contributed by atoms with Crippen molar-refractivity contribution in [2.24, 2.45) is 5.92 Å². The number of rotatable bonds is 5. The predicted molar refractivity (Wildman–Crippen MR) is 212 cm³/mol. The molecule has 14 heteroatoms. The molecule has 10 bridgehead atoms. The van der Waals surface area contributed by atoms with Crippen molar-refractivity contribution in [3.05, 3.63) is 148 Å². The lowest BCUT2D eigenvalue weighted by molar-refractivity contribution is -0.266. The van der Waals surface area contributed by atoms with Crippen molar-refractivity contribution in [2.45, 2.75) is 62.2 Å². The number of hydrogen-bond donors (Lipinski definition) is 3. The normalized spacial score (nSPS) is 22.6. The number of nitrogens with zero attached hydrogens (tertiary/aromatic N) is 2. The van der Waals surface area contributed by atoms with E-state index in [2.05, 4.69) is 40.2 Å². The monoisotopic (exact) mass is 811 g/mol. The van der Waals surface area contributed by atoms with Gasteiger partial charge in [0.25, 0.3) is 11.5 Å². The molecule has 11 nitrogen and oxygen atoms in total. The molecule has 6 heterocycles. The first-order valence-corrected chi connectivity index (χ1v) is 19.7. The largest absolute Gasteiger partial charge is 0.469 e. The number of nitrogens with one attached hydrogen (secondary N) is 3. The molecule has 302 valence electrons. The second-order valence-electron chi connectivity index (χ2n) is 16.1. The van der Waals surface area contributed by atoms with Crippen LogP contribution in [0.2, 0.25) is 0 Å². The van der Waals surface area contributed by atoms with E-state index < -0.39 is 52.9 Å². The van der Waals surface area contributed by atoms with Crippen LogP contribution in [0.15, 0.2) is 106 Å². The third-order valence-electron chi connectivity index (χ3n) is 12.6. The Morgan fingerprint density at radius 3 is 2.55 bits per heavy atom. The van der Waals surface area contributed by atoms with Gasteiger partial charge in [-0.3, -0.25) is 9.59 Å². The quantitative estimate of drug-likeness (QED) is 0.160. The first kappa shape index (κ1) is 36.4. The summed E-state index contributed by atoms with van der Waals surface area (Å²) in [6, 6.07) is 21.9. The number of oxazole rings is 2. The number of benzene rings is 4. The van der Waals surface area contributed by atoms with Crippen molar-refractivity contribution in [3.8, 4) is 28.5 Å². The number of carbonyl (C=O) groups is 2. The van der Waals surface area contributed by atoms with E-state index in [9.17, 15) is 9.59 Å². The molecule has 2 amide bonds. The number of amides is 2. The summed E-state index contributed by atoms with van der Waals surface area (Å²) in [5.41, 5.74) is 3.15. The smallest absolute Gasteiger partial charge is 0.430 e. The molecule has 6 aromatic rings. The highest BCUT2D eigenvalue weighted by Crippen LogP contribution is 2.61. The highest BCUT2D eigenvalue weighted by Gasteiger charge is 2.64. The highest BCUT2D eigenvalue weighted by atomic mass is 19.4. The van der Waals surface area contributed by atoms with E-state index in [0.29, 0.717) is 40.5 Å². The third-order valence-corrected chi connectivity index (χ3v) is 12.6. The van der Waals surface area contributed by atoms with Crippen LogP contribution < -0.4 is 20.7 Å². The van der Waals surface area contributed by atoms with Gasteiger partial charge < -0.3 is 34.3 Å². The number of hydrogen-bond acceptors (Lipinski definition) is 9. The van der Waals surface area contributed by atoms with Gasteiger partial charge >= 0.3 is 6.18 Å². The van der Waals surface area contributed by atoms with Crippen LogP contribution in [0.5, 0.6) is 5.75 Å². The zero-order valence-electron chi connectivity index (χ0n) is 32.4. The average Bonchev–Trinajstić information content (AvgIpc) is 4.06. The molecule has 2 unspecified atom stereocenters. The number of anilines is 1. The molecular formula is C46H36F3N5O6. The molecule has 5 aliphatic rings. The molecule has 60 heavy (non-hydrogen) atoms. The topological polar surface area (TPSA) is 141 Å². The minimum atomic E-state index is -5.20. The van der Waals surface area contributed by atoms with Crippen LogP contribution in [0.4, 0.5) is 18.9 Å². The lowest BCUT2D eigenvalue weighted by Gasteiger charge is -2.35. The molecule has 5 atom stereocenters. The number of alkyl halides is 3. The van der Waals surface area contributed by atoms with E-state index in [0.717, 1.165) is 58.3 Å². The maximum absolute atomic E-state index is 15.1. The standard InChI is InChI=1S/C46H36F3N5O6/c1-22(2)35-41-53-37-38(60-41)44-29-14-8-13-27(26-12-7-9-24-16-17-28(34(24)26)33-21-50-40(37)58-33)36(29)54-43(44)59-32-18-15-23(19-30(32)44)20-31(39(55)52-35)51-42(56)45(57-3,46(47,48)49)25-10-5-4-6-11-25/h4-15,17-19,21-22,31,35,43,54H,16,20H2,1-3H3,(H,51,56)(H,52,55)/t31?,35-,43-,44?,45+/m0/s1. The predicted octanol–water partition coefficient (Wildman–Crippen LogP) is 7.73. The fourth-order valence-corrected chi connectivity index (χ4v) is 9.79. The fourth-order valence-electron chi connectivity index (χ4n) is 9.79. The number of para-hydroxylation sites is 1. The van der Waals surface area contributed by atoms with Crippen LogP contribution in [-0.4, -0.2) is 47.3 Å². The summed E-state index contributed by atoms with van der Waals surface area (Å²) < 4.78 is 70.8. The van der Waals surface area contributed by atoms with E-state index in [-0.39, 0.29) is 24.1 Å². The van der Waals surface area contributed by atoms with Gasteiger partial charge in [0.2, 0.25) is 17.7 Å². The van der Waals surface area contributed by atoms with E-state index in [1.54, 1.807) is 18.3 Å². The Morgan fingerprint density at radius 1 is 0.967 bits per heavy atom. The van der Waals surface area contributed by atoms with Gasteiger partial charge in [0, 0.05) is 47.0 Å². The zero-order valence-corrected chi connectivity index (χ0v) is 32.4. The summed E-state index contributed by atoms with van der Waals surface area (Å²) in [7, 11) is 0.821. The minimum absolute atomic E-state index is 0.113. The molecule has 1 aliphatic carbocycles. The van der Waals surface area contributed by atoms with Gasteiger partial charge in [0.15, 0.2) is 23.4 Å². The Morgan fingerprint density at radius 2 is 1.77 bits per heavy atom. The van der Waals surface area contributed by atoms with Gasteiger partial charge in [0.1, 0.15) is 23.2 Å². The number of fused-ring (bicyclic) bond motifs is 7. The van der Waals surface area contributed by atoms with Crippen molar-refractivity contribution in [1.82, 2.24) is 20.6 Å². The summed E-state index contributed by atoms with van der Waals surface area (Å²) in [5, 5.41) is 9.15. The van der Waals surface area contributed by atoms with Gasteiger partial charge in [-0.1, -0.05) is 98.8 Å². The Bertz CT molecular complexity index is 2830. The van der Waals surface area contributed by atoms with Crippen LogP contribution in [0.3, 0.4) is 0 Å². The van der Waals surface area contributed by atoms with E-state index >= 15 is 13.2 Å². The Kier molecular flexibility index (Phi) is 7.69. The molecule has 4 aromatic carbocycles. The van der Waals surface area contributed by atoms with Gasteiger partial charge in [-0.15, -0.1) is 0 Å². The SMILES string of the molecule is CO[C@@](C(=O)NC1Cc2ccc3c(c2)C24c5cccc(c5N[C@H]2O3)-c2cccc3c2C(=CC3)c2cnc(o2)-c2nc(oc24)[C@H](C(C)C)NC1=O)(c1ccccc1)C(F)(F)F. The summed E-state index contributed by atoms with van der Waals surface area (Å²) in [5.74, 6) is -0.888. The lowest BCUT2D eigenvalue weighted by atomic mass is 9.72. The number of halogens is 3. The van der Waals surface area contributed by atoms with Crippen molar-refractivity contribution >= 4 is 23.1 Å². The van der Waals surface area contributed by atoms with Crippen molar-refractivity contribution in [3.63, 3.8) is 0 Å². The molecule has 0 saturated heterocycles. The van der Waals surface area contributed by atoms with Crippen molar-refractivity contribution in [2.75, 3.05) is 12.4 Å². The summed E-state index contributed by atoms with van der Waals surface area (Å²) in [6.07, 6.45) is -1.61. The van der Waals surface area contributed by atoms with Crippen molar-refractivity contribution < 1.29 is 41.1 Å². The second kappa shape index (κ2) is 12.7. The van der Waals surface area contributed by atoms with Crippen LogP contribution in [0, 0.1) is 5.92 Å². The molecule has 0 fully saturated rings. The molecule has 1 spiro atoms. The van der Waals surface area contributed by atoms with Gasteiger partial charge in [0.05, 0.1) is 6.20 Å². The molecule has 0 saturated carbocycles. The number of carbonyl (C=O) groups excluding carboxylic acids is 2.